The molecule has 4 rings (SSSR count). The lowest BCUT2D eigenvalue weighted by molar-refractivity contribution is -0.123. The third kappa shape index (κ3) is 4.82. The Morgan fingerprint density at radius 2 is 2.07 bits per heavy atom. The fraction of sp³-hybridized carbons (Fsp3) is 0.458. The van der Waals surface area contributed by atoms with Crippen LogP contribution in [0.15, 0.2) is 42.5 Å². The molecule has 2 aliphatic rings. The molecule has 2 aromatic rings. The molecule has 6 heteroatoms. The third-order valence-corrected chi connectivity index (χ3v) is 6.06. The van der Waals surface area contributed by atoms with Crippen LogP contribution in [0.5, 0.6) is 5.75 Å². The maximum absolute atomic E-state index is 13.4. The first-order valence-corrected chi connectivity index (χ1v) is 10.7. The lowest BCUT2D eigenvalue weighted by Gasteiger charge is -2.42. The van der Waals surface area contributed by atoms with Crippen LogP contribution in [0.1, 0.15) is 37.3 Å². The lowest BCUT2D eigenvalue weighted by Crippen LogP contribution is -2.58. The van der Waals surface area contributed by atoms with Gasteiger partial charge in [-0.25, -0.2) is 4.39 Å². The summed E-state index contributed by atoms with van der Waals surface area (Å²) in [5.41, 5.74) is 2.36. The van der Waals surface area contributed by atoms with Gasteiger partial charge in [0, 0.05) is 24.8 Å². The molecule has 1 heterocycles. The normalized spacial score (nSPS) is 24.2. The molecular formula is C24H29FN2O3. The summed E-state index contributed by atoms with van der Waals surface area (Å²) >= 11 is 0. The van der Waals surface area contributed by atoms with Crippen LogP contribution < -0.4 is 10.1 Å². The number of carbonyl (C=O) groups is 1. The van der Waals surface area contributed by atoms with Crippen molar-refractivity contribution in [2.75, 3.05) is 25.0 Å². The van der Waals surface area contributed by atoms with Crippen molar-refractivity contribution >= 4 is 11.6 Å². The number of piperidine rings is 1. The van der Waals surface area contributed by atoms with Crippen molar-refractivity contribution in [2.45, 2.75) is 50.7 Å². The topological polar surface area (TPSA) is 61.8 Å². The van der Waals surface area contributed by atoms with Gasteiger partial charge >= 0.3 is 0 Å². The maximum atomic E-state index is 13.4. The number of amides is 1. The lowest BCUT2D eigenvalue weighted by atomic mass is 9.90. The molecule has 5 nitrogen and oxygen atoms in total. The number of rotatable bonds is 5. The van der Waals surface area contributed by atoms with Crippen LogP contribution in [0.3, 0.4) is 0 Å². The van der Waals surface area contributed by atoms with Crippen molar-refractivity contribution in [3.8, 4) is 5.75 Å². The predicted molar refractivity (Wildman–Crippen MR) is 114 cm³/mol. The Morgan fingerprint density at radius 3 is 2.87 bits per heavy atom. The van der Waals surface area contributed by atoms with E-state index in [-0.39, 0.29) is 18.3 Å². The van der Waals surface area contributed by atoms with Gasteiger partial charge in [-0.3, -0.25) is 9.69 Å². The number of β-amino-alcohol motifs (C(OH)–C–C–N with tert-alkyl or cyclic N) is 1. The SMILES string of the molecule is C[C@]1(O)CN(CC(=O)Nc2cccc3c2CCCC3)CC[C@@H]1Oc1cccc(F)c1. The summed E-state index contributed by atoms with van der Waals surface area (Å²) in [5, 5.41) is 14.0. The number of aliphatic hydroxyl groups is 1. The molecule has 0 spiro atoms. The molecule has 0 unspecified atom stereocenters. The van der Waals surface area contributed by atoms with Crippen molar-refractivity contribution < 1.29 is 19.0 Å². The van der Waals surface area contributed by atoms with Gasteiger partial charge in [-0.05, 0) is 68.4 Å². The molecule has 0 bridgehead atoms. The van der Waals surface area contributed by atoms with Crippen molar-refractivity contribution in [3.05, 3.63) is 59.4 Å². The van der Waals surface area contributed by atoms with Crippen LogP contribution in [-0.4, -0.2) is 47.3 Å². The van der Waals surface area contributed by atoms with Crippen molar-refractivity contribution in [2.24, 2.45) is 0 Å². The Bertz CT molecular complexity index is 915. The molecule has 1 amide bonds. The number of hydrogen-bond acceptors (Lipinski definition) is 4. The second-order valence-corrected chi connectivity index (χ2v) is 8.62. The minimum absolute atomic E-state index is 0.0747. The van der Waals surface area contributed by atoms with E-state index in [9.17, 15) is 14.3 Å². The Kier molecular flexibility index (Phi) is 6.06. The average molecular weight is 413 g/mol. The Hall–Kier alpha value is -2.44. The summed E-state index contributed by atoms with van der Waals surface area (Å²) in [6.45, 7) is 2.85. The van der Waals surface area contributed by atoms with Crippen LogP contribution in [-0.2, 0) is 17.6 Å². The van der Waals surface area contributed by atoms with E-state index in [1.54, 1.807) is 19.1 Å². The third-order valence-electron chi connectivity index (χ3n) is 6.06. The van der Waals surface area contributed by atoms with Crippen LogP contribution in [0.4, 0.5) is 10.1 Å². The highest BCUT2D eigenvalue weighted by Gasteiger charge is 2.40. The van der Waals surface area contributed by atoms with Gasteiger partial charge in [-0.2, -0.15) is 0 Å². The average Bonchev–Trinajstić information content (AvgIpc) is 2.70. The van der Waals surface area contributed by atoms with E-state index in [1.165, 1.54) is 29.7 Å². The highest BCUT2D eigenvalue weighted by atomic mass is 19.1. The molecule has 1 saturated heterocycles. The van der Waals surface area contributed by atoms with Crippen LogP contribution in [0.25, 0.3) is 0 Å². The van der Waals surface area contributed by atoms with Crippen molar-refractivity contribution in [3.63, 3.8) is 0 Å². The number of hydrogen-bond donors (Lipinski definition) is 2. The Balaban J connectivity index is 1.35. The number of ether oxygens (including phenoxy) is 1. The van der Waals surface area contributed by atoms with Gasteiger partial charge in [0.15, 0.2) is 0 Å². The molecule has 0 aromatic heterocycles. The summed E-state index contributed by atoms with van der Waals surface area (Å²) in [5.74, 6) is -0.0426. The molecular weight excluding hydrogens is 383 g/mol. The Morgan fingerprint density at radius 1 is 1.27 bits per heavy atom. The fourth-order valence-electron chi connectivity index (χ4n) is 4.56. The molecule has 160 valence electrons. The van der Waals surface area contributed by atoms with Crippen molar-refractivity contribution in [1.82, 2.24) is 4.90 Å². The number of halogens is 1. The quantitative estimate of drug-likeness (QED) is 0.789. The molecule has 0 saturated carbocycles. The second-order valence-electron chi connectivity index (χ2n) is 8.62. The zero-order valence-electron chi connectivity index (χ0n) is 17.4. The summed E-state index contributed by atoms with van der Waals surface area (Å²) < 4.78 is 19.3. The van der Waals surface area contributed by atoms with E-state index < -0.39 is 11.7 Å². The molecule has 30 heavy (non-hydrogen) atoms. The van der Waals surface area contributed by atoms with Crippen LogP contribution in [0, 0.1) is 5.82 Å². The van der Waals surface area contributed by atoms with E-state index in [0.717, 1.165) is 24.9 Å². The number of fused-ring (bicyclic) bond motifs is 1. The maximum Gasteiger partial charge on any atom is 0.238 e. The van der Waals surface area contributed by atoms with Gasteiger partial charge in [0.2, 0.25) is 5.91 Å². The number of nitrogens with one attached hydrogen (secondary N) is 1. The number of carbonyl (C=O) groups excluding carboxylic acids is 1. The van der Waals surface area contributed by atoms with E-state index in [0.29, 0.717) is 25.3 Å². The van der Waals surface area contributed by atoms with Crippen LogP contribution in [0.2, 0.25) is 0 Å². The summed E-state index contributed by atoms with van der Waals surface area (Å²) in [6, 6.07) is 12.1. The fourth-order valence-corrected chi connectivity index (χ4v) is 4.56. The molecule has 2 aromatic carbocycles. The summed E-state index contributed by atoms with van der Waals surface area (Å²) in [7, 11) is 0. The highest BCUT2D eigenvalue weighted by Crippen LogP contribution is 2.29. The standard InChI is InChI=1S/C24H29FN2O3/c1-24(29)16-27(13-12-22(24)30-19-9-5-8-18(25)14-19)15-23(28)26-21-11-4-7-17-6-2-3-10-20(17)21/h4-5,7-9,11,14,22,29H,2-3,6,10,12-13,15-16H2,1H3,(H,26,28)/t22-,24-/m0/s1. The summed E-state index contributed by atoms with van der Waals surface area (Å²) in [4.78, 5) is 14.6. The first kappa shape index (κ1) is 20.8. The summed E-state index contributed by atoms with van der Waals surface area (Å²) in [6.07, 6.45) is 4.52. The van der Waals surface area contributed by atoms with Crippen molar-refractivity contribution in [1.29, 1.82) is 0 Å². The number of benzene rings is 2. The second kappa shape index (κ2) is 8.74. The number of anilines is 1. The minimum Gasteiger partial charge on any atom is -0.487 e. The number of likely N-dealkylation sites (tertiary alicyclic amines) is 1. The number of nitrogens with zero attached hydrogens (tertiary/aromatic N) is 1. The van der Waals surface area contributed by atoms with Gasteiger partial charge in [0.05, 0.1) is 6.54 Å². The van der Waals surface area contributed by atoms with Gasteiger partial charge in [-0.15, -0.1) is 0 Å². The molecule has 2 atom stereocenters. The molecule has 2 N–H and O–H groups in total. The minimum atomic E-state index is -1.14. The first-order valence-electron chi connectivity index (χ1n) is 10.7. The smallest absolute Gasteiger partial charge is 0.238 e. The van der Waals surface area contributed by atoms with E-state index >= 15 is 0 Å². The molecule has 1 fully saturated rings. The van der Waals surface area contributed by atoms with E-state index in [2.05, 4.69) is 11.4 Å². The zero-order valence-corrected chi connectivity index (χ0v) is 17.4. The first-order chi connectivity index (χ1) is 14.4. The molecule has 1 aliphatic carbocycles. The predicted octanol–water partition coefficient (Wildman–Crippen LogP) is 3.55. The molecule has 0 radical (unpaired) electrons. The van der Waals surface area contributed by atoms with Gasteiger partial charge in [-0.1, -0.05) is 18.2 Å². The van der Waals surface area contributed by atoms with Gasteiger partial charge in [0.25, 0.3) is 0 Å². The van der Waals surface area contributed by atoms with Gasteiger partial charge < -0.3 is 15.2 Å². The largest absolute Gasteiger partial charge is 0.487 e. The van der Waals surface area contributed by atoms with E-state index in [1.807, 2.05) is 17.0 Å². The van der Waals surface area contributed by atoms with Crippen LogP contribution >= 0.6 is 0 Å². The van der Waals surface area contributed by atoms with E-state index in [4.69, 9.17) is 4.74 Å². The van der Waals surface area contributed by atoms with Gasteiger partial charge in [0.1, 0.15) is 23.3 Å². The monoisotopic (exact) mass is 412 g/mol. The zero-order chi connectivity index (χ0) is 21.1. The highest BCUT2D eigenvalue weighted by molar-refractivity contribution is 5.93. The molecule has 1 aliphatic heterocycles. The Labute approximate surface area is 176 Å². The number of aryl methyl sites for hydroxylation is 1.